The minimum absolute atomic E-state index is 0.00359. The molecule has 21 heavy (non-hydrogen) atoms. The van der Waals surface area contributed by atoms with Crippen LogP contribution in [-0.4, -0.2) is 17.3 Å². The van der Waals surface area contributed by atoms with Gasteiger partial charge >= 0.3 is 0 Å². The van der Waals surface area contributed by atoms with Gasteiger partial charge in [0.2, 0.25) is 0 Å². The van der Waals surface area contributed by atoms with E-state index in [2.05, 4.69) is 15.9 Å². The first-order valence-electron chi connectivity index (χ1n) is 6.78. The van der Waals surface area contributed by atoms with Crippen LogP contribution in [0.25, 0.3) is 0 Å². The van der Waals surface area contributed by atoms with Gasteiger partial charge in [-0.05, 0) is 41.9 Å². The molecule has 2 nitrogen and oxygen atoms in total. The van der Waals surface area contributed by atoms with Gasteiger partial charge < -0.3 is 5.11 Å². The molecule has 1 aromatic carbocycles. The number of aliphatic hydroxyl groups is 1. The van der Waals surface area contributed by atoms with E-state index >= 15 is 0 Å². The van der Waals surface area contributed by atoms with Crippen LogP contribution in [-0.2, 0) is 5.92 Å². The first-order valence-corrected chi connectivity index (χ1v) is 7.57. The Labute approximate surface area is 131 Å². The lowest BCUT2D eigenvalue weighted by Crippen LogP contribution is -2.37. The van der Waals surface area contributed by atoms with Crippen LogP contribution >= 0.6 is 15.9 Å². The summed E-state index contributed by atoms with van der Waals surface area (Å²) in [6.45, 7) is 5.16. The van der Waals surface area contributed by atoms with Gasteiger partial charge in [-0.15, -0.1) is 0 Å². The van der Waals surface area contributed by atoms with Crippen LogP contribution in [0.4, 0.5) is 14.5 Å². The summed E-state index contributed by atoms with van der Waals surface area (Å²) in [5.41, 5.74) is 1.96. The lowest BCUT2D eigenvalue weighted by molar-refractivity contribution is 0.0174. The van der Waals surface area contributed by atoms with E-state index in [1.54, 1.807) is 26.0 Å². The maximum atomic E-state index is 13.3. The average Bonchev–Trinajstić information content (AvgIpc) is 3.03. The van der Waals surface area contributed by atoms with Gasteiger partial charge in [-0.1, -0.05) is 0 Å². The number of alkyl halides is 2. The monoisotopic (exact) mass is 356 g/mol. The highest BCUT2D eigenvalue weighted by Crippen LogP contribution is 2.56. The lowest BCUT2D eigenvalue weighted by Gasteiger charge is -2.26. The third-order valence-corrected chi connectivity index (χ3v) is 4.82. The zero-order chi connectivity index (χ0) is 15.6. The smallest absolute Gasteiger partial charge is 0.270 e. The van der Waals surface area contributed by atoms with Crippen LogP contribution in [0, 0.1) is 0 Å². The van der Waals surface area contributed by atoms with E-state index in [1.165, 1.54) is 12.1 Å². The molecular weight excluding hydrogens is 340 g/mol. The van der Waals surface area contributed by atoms with Crippen LogP contribution in [0.5, 0.6) is 0 Å². The van der Waals surface area contributed by atoms with Gasteiger partial charge in [0.25, 0.3) is 5.92 Å². The first kappa shape index (κ1) is 14.9. The Kier molecular flexibility index (Phi) is 3.01. The van der Waals surface area contributed by atoms with Crippen molar-refractivity contribution in [2.24, 2.45) is 0 Å². The SMILES string of the molecule is CC(C)(O)C1=CC(Br)=C2C[N+]12c1ccc(C(C)(F)F)cc1. The Morgan fingerprint density at radius 2 is 1.71 bits per heavy atom. The van der Waals surface area contributed by atoms with Crippen molar-refractivity contribution in [1.29, 1.82) is 0 Å². The molecule has 2 aliphatic rings. The summed E-state index contributed by atoms with van der Waals surface area (Å²) in [4.78, 5) is 0. The molecule has 0 radical (unpaired) electrons. The number of quaternary nitrogens is 1. The van der Waals surface area contributed by atoms with E-state index in [-0.39, 0.29) is 5.56 Å². The molecule has 0 spiro atoms. The van der Waals surface area contributed by atoms with E-state index < -0.39 is 11.5 Å². The highest BCUT2D eigenvalue weighted by atomic mass is 79.9. The number of allylic oxidation sites excluding steroid dienone is 2. The second-order valence-corrected chi connectivity index (χ2v) is 7.14. The average molecular weight is 357 g/mol. The van der Waals surface area contributed by atoms with Gasteiger partial charge in [-0.25, -0.2) is 13.3 Å². The molecule has 1 N–H and O–H groups in total. The summed E-state index contributed by atoms with van der Waals surface area (Å²) in [6, 6.07) is 6.38. The van der Waals surface area contributed by atoms with Crippen molar-refractivity contribution >= 4 is 21.6 Å². The van der Waals surface area contributed by atoms with E-state index in [0.29, 0.717) is 4.48 Å². The number of nitrogens with zero attached hydrogens (tertiary/aromatic N) is 1. The van der Waals surface area contributed by atoms with Crippen molar-refractivity contribution in [3.63, 3.8) is 0 Å². The van der Waals surface area contributed by atoms with Gasteiger partial charge in [0.05, 0.1) is 4.48 Å². The lowest BCUT2D eigenvalue weighted by atomic mass is 10.0. The number of rotatable bonds is 3. The molecule has 0 aromatic heterocycles. The zero-order valence-corrected chi connectivity index (χ0v) is 13.7. The molecule has 0 saturated carbocycles. The number of hydrogen-bond donors (Lipinski definition) is 1. The molecule has 0 bridgehead atoms. The van der Waals surface area contributed by atoms with E-state index in [1.807, 2.05) is 6.08 Å². The van der Waals surface area contributed by atoms with Gasteiger partial charge in [-0.3, -0.25) is 0 Å². The third-order valence-electron chi connectivity index (χ3n) is 4.14. The molecule has 1 unspecified atom stereocenters. The number of halogens is 3. The van der Waals surface area contributed by atoms with Gasteiger partial charge in [-0.2, -0.15) is 0 Å². The minimum Gasteiger partial charge on any atom is -0.380 e. The molecule has 5 heteroatoms. The normalized spacial score (nSPS) is 25.0. The van der Waals surface area contributed by atoms with Crippen molar-refractivity contribution in [3.8, 4) is 0 Å². The Morgan fingerprint density at radius 3 is 2.14 bits per heavy atom. The Morgan fingerprint density at radius 1 is 1.14 bits per heavy atom. The Balaban J connectivity index is 2.04. The van der Waals surface area contributed by atoms with Gasteiger partial charge in [0.1, 0.15) is 11.3 Å². The first-order chi connectivity index (χ1) is 9.57. The highest BCUT2D eigenvalue weighted by molar-refractivity contribution is 9.12. The summed E-state index contributed by atoms with van der Waals surface area (Å²) >= 11 is 3.51. The van der Waals surface area contributed by atoms with Crippen LogP contribution in [0.3, 0.4) is 0 Å². The van der Waals surface area contributed by atoms with Crippen LogP contribution in [0.1, 0.15) is 26.3 Å². The topological polar surface area (TPSA) is 20.2 Å². The molecule has 2 aliphatic heterocycles. The van der Waals surface area contributed by atoms with Gasteiger partial charge in [0, 0.05) is 30.7 Å². The number of benzene rings is 1. The Bertz CT molecular complexity index is 665. The molecule has 112 valence electrons. The third kappa shape index (κ3) is 2.18. The zero-order valence-electron chi connectivity index (χ0n) is 12.1. The molecule has 0 aliphatic carbocycles. The fourth-order valence-electron chi connectivity index (χ4n) is 3.03. The quantitative estimate of drug-likeness (QED) is 0.628. The summed E-state index contributed by atoms with van der Waals surface area (Å²) in [6.07, 6.45) is 1.93. The van der Waals surface area contributed by atoms with Crippen molar-refractivity contribution in [2.45, 2.75) is 32.3 Å². The van der Waals surface area contributed by atoms with E-state index in [9.17, 15) is 13.9 Å². The van der Waals surface area contributed by atoms with Gasteiger partial charge in [0.15, 0.2) is 17.9 Å². The summed E-state index contributed by atoms with van der Waals surface area (Å²) in [5, 5.41) is 10.4. The van der Waals surface area contributed by atoms with Crippen LogP contribution in [0.2, 0.25) is 0 Å². The molecule has 0 amide bonds. The van der Waals surface area contributed by atoms with Crippen molar-refractivity contribution in [1.82, 2.24) is 4.48 Å². The molecule has 1 fully saturated rings. The summed E-state index contributed by atoms with van der Waals surface area (Å²) in [7, 11) is 0. The minimum atomic E-state index is -2.84. The predicted octanol–water partition coefficient (Wildman–Crippen LogP) is 4.39. The van der Waals surface area contributed by atoms with E-state index in [4.69, 9.17) is 0 Å². The fraction of sp³-hybridized carbons (Fsp3) is 0.375. The summed E-state index contributed by atoms with van der Waals surface area (Å²) in [5.74, 6) is -2.84. The fourth-order valence-corrected chi connectivity index (χ4v) is 3.67. The number of fused-ring (bicyclic) bond motifs is 1. The van der Waals surface area contributed by atoms with Crippen molar-refractivity contribution in [2.75, 3.05) is 6.54 Å². The van der Waals surface area contributed by atoms with Crippen LogP contribution < -0.4 is 4.48 Å². The maximum Gasteiger partial charge on any atom is 0.270 e. The Hall–Kier alpha value is -1.04. The molecule has 1 atom stereocenters. The van der Waals surface area contributed by atoms with E-state index in [0.717, 1.165) is 35.0 Å². The molecule has 2 heterocycles. The number of hydrogen-bond acceptors (Lipinski definition) is 1. The molecule has 1 saturated heterocycles. The molecule has 1 aromatic rings. The van der Waals surface area contributed by atoms with Crippen molar-refractivity contribution in [3.05, 3.63) is 51.8 Å². The predicted molar refractivity (Wildman–Crippen MR) is 83.0 cm³/mol. The second-order valence-electron chi connectivity index (χ2n) is 6.29. The highest BCUT2D eigenvalue weighted by Gasteiger charge is 2.63. The second kappa shape index (κ2) is 4.24. The molecule has 3 rings (SSSR count). The van der Waals surface area contributed by atoms with Crippen molar-refractivity contribution < 1.29 is 13.9 Å². The van der Waals surface area contributed by atoms with Crippen LogP contribution in [0.15, 0.2) is 46.2 Å². The maximum absolute atomic E-state index is 13.3. The largest absolute Gasteiger partial charge is 0.380 e. The standard InChI is InChI=1S/C16H17BrF2NO/c1-15(2,21)14-8-12(17)13-9-20(13,14)11-6-4-10(5-7-11)16(3,18)19/h4-8,21H,9H2,1-3H3/q+1. The molecular formula is C16H17BrF2NO+. The summed E-state index contributed by atoms with van der Waals surface area (Å²) < 4.78 is 28.1.